The monoisotopic (exact) mass is 389 g/mol. The van der Waals surface area contributed by atoms with Crippen LogP contribution in [-0.4, -0.2) is 46.1 Å². The maximum atomic E-state index is 4.75. The van der Waals surface area contributed by atoms with Crippen LogP contribution in [0, 0.1) is 0 Å². The van der Waals surface area contributed by atoms with Gasteiger partial charge in [0.25, 0.3) is 0 Å². The Morgan fingerprint density at radius 2 is 1.82 bits per heavy atom. The molecule has 1 aliphatic rings. The molecule has 4 aromatic rings. The number of thiazole rings is 1. The van der Waals surface area contributed by atoms with Crippen molar-refractivity contribution in [2.75, 3.05) is 36.4 Å². The van der Waals surface area contributed by atoms with Crippen molar-refractivity contribution in [3.8, 4) is 11.3 Å². The van der Waals surface area contributed by atoms with E-state index < -0.39 is 0 Å². The fourth-order valence-electron chi connectivity index (χ4n) is 3.27. The van der Waals surface area contributed by atoms with E-state index in [-0.39, 0.29) is 0 Å². The second kappa shape index (κ2) is 7.49. The molecule has 0 saturated carbocycles. The topological polar surface area (TPSA) is 78.9 Å². The zero-order valence-corrected chi connectivity index (χ0v) is 16.0. The van der Waals surface area contributed by atoms with Crippen LogP contribution in [0.2, 0.25) is 0 Å². The van der Waals surface area contributed by atoms with Gasteiger partial charge >= 0.3 is 0 Å². The van der Waals surface area contributed by atoms with Crippen LogP contribution in [0.25, 0.3) is 21.6 Å². The van der Waals surface area contributed by atoms with Crippen molar-refractivity contribution in [2.45, 2.75) is 0 Å². The Morgan fingerprint density at radius 3 is 2.68 bits per heavy atom. The van der Waals surface area contributed by atoms with Gasteiger partial charge in [-0.3, -0.25) is 4.98 Å². The van der Waals surface area contributed by atoms with Crippen LogP contribution in [-0.2, 0) is 0 Å². The van der Waals surface area contributed by atoms with Crippen molar-refractivity contribution in [1.82, 2.24) is 25.3 Å². The van der Waals surface area contributed by atoms with E-state index in [1.807, 2.05) is 30.5 Å². The summed E-state index contributed by atoms with van der Waals surface area (Å²) < 4.78 is 0. The van der Waals surface area contributed by atoms with Crippen LogP contribution < -0.4 is 15.5 Å². The molecule has 28 heavy (non-hydrogen) atoms. The fraction of sp³-hybridized carbons (Fsp3) is 0.200. The van der Waals surface area contributed by atoms with Crippen LogP contribution in [0.1, 0.15) is 0 Å². The van der Waals surface area contributed by atoms with E-state index in [4.69, 9.17) is 4.98 Å². The van der Waals surface area contributed by atoms with E-state index >= 15 is 0 Å². The Morgan fingerprint density at radius 1 is 0.964 bits per heavy atom. The van der Waals surface area contributed by atoms with Gasteiger partial charge in [-0.1, -0.05) is 11.3 Å². The normalized spacial score (nSPS) is 14.4. The minimum Gasteiger partial charge on any atom is -0.369 e. The molecule has 5 heterocycles. The molecule has 5 rings (SSSR count). The summed E-state index contributed by atoms with van der Waals surface area (Å²) in [6, 6.07) is 12.0. The highest BCUT2D eigenvalue weighted by Crippen LogP contribution is 2.29. The van der Waals surface area contributed by atoms with Gasteiger partial charge in [0.2, 0.25) is 0 Å². The Hall–Kier alpha value is -3.10. The summed E-state index contributed by atoms with van der Waals surface area (Å²) in [6.45, 7) is 4.03. The highest BCUT2D eigenvalue weighted by molar-refractivity contribution is 7.21. The lowest BCUT2D eigenvalue weighted by molar-refractivity contribution is 0.589. The Labute approximate surface area is 166 Å². The molecule has 0 spiro atoms. The highest BCUT2D eigenvalue weighted by Gasteiger charge is 2.12. The van der Waals surface area contributed by atoms with Crippen LogP contribution in [0.15, 0.2) is 55.0 Å². The zero-order valence-electron chi connectivity index (χ0n) is 15.2. The molecule has 0 bridgehead atoms. The van der Waals surface area contributed by atoms with Crippen molar-refractivity contribution >= 4 is 38.3 Å². The first-order valence-electron chi connectivity index (χ1n) is 9.22. The number of nitrogens with zero attached hydrogens (tertiary/aromatic N) is 5. The Balaban J connectivity index is 1.39. The van der Waals surface area contributed by atoms with Gasteiger partial charge in [0.1, 0.15) is 16.2 Å². The molecule has 1 aliphatic heterocycles. The van der Waals surface area contributed by atoms with Gasteiger partial charge < -0.3 is 15.5 Å². The maximum absolute atomic E-state index is 4.75. The predicted octanol–water partition coefficient (Wildman–Crippen LogP) is 3.30. The predicted molar refractivity (Wildman–Crippen MR) is 113 cm³/mol. The van der Waals surface area contributed by atoms with E-state index in [1.54, 1.807) is 12.4 Å². The Kier molecular flexibility index (Phi) is 4.56. The van der Waals surface area contributed by atoms with Gasteiger partial charge in [-0.25, -0.2) is 15.0 Å². The first kappa shape index (κ1) is 17.0. The first-order chi connectivity index (χ1) is 13.8. The summed E-state index contributed by atoms with van der Waals surface area (Å²) in [5.41, 5.74) is 4.02. The fourth-order valence-corrected chi connectivity index (χ4v) is 4.12. The number of nitrogens with one attached hydrogen (secondary N) is 2. The number of anilines is 3. The molecule has 140 valence electrons. The standard InChI is InChI=1S/C20H19N7S/c1-2-17-19(24-16(1)14-3-6-21-7-4-14)28-20(25-17)26-18-13-15(5-8-23-18)27-11-9-22-10-12-27/h1-8,13,22H,9-12H2,(H,23,25,26). The molecular weight excluding hydrogens is 370 g/mol. The number of rotatable bonds is 4. The molecule has 1 fully saturated rings. The summed E-state index contributed by atoms with van der Waals surface area (Å²) in [6.07, 6.45) is 5.39. The lowest BCUT2D eigenvalue weighted by atomic mass is 10.2. The lowest BCUT2D eigenvalue weighted by Gasteiger charge is -2.29. The van der Waals surface area contributed by atoms with Crippen LogP contribution in [0.4, 0.5) is 16.6 Å². The molecule has 8 heteroatoms. The number of hydrogen-bond donors (Lipinski definition) is 2. The van der Waals surface area contributed by atoms with Crippen molar-refractivity contribution in [3.05, 3.63) is 55.0 Å². The quantitative estimate of drug-likeness (QED) is 0.554. The van der Waals surface area contributed by atoms with Gasteiger partial charge in [0.15, 0.2) is 5.13 Å². The molecular formula is C20H19N7S. The van der Waals surface area contributed by atoms with Crippen molar-refractivity contribution in [3.63, 3.8) is 0 Å². The molecule has 4 aromatic heterocycles. The Bertz CT molecular complexity index is 1090. The van der Waals surface area contributed by atoms with Gasteiger partial charge in [0, 0.05) is 62.1 Å². The maximum Gasteiger partial charge on any atom is 0.190 e. The second-order valence-corrected chi connectivity index (χ2v) is 7.51. The smallest absolute Gasteiger partial charge is 0.190 e. The minimum absolute atomic E-state index is 0.791. The summed E-state index contributed by atoms with van der Waals surface area (Å²) in [5, 5.41) is 7.51. The first-order valence-corrected chi connectivity index (χ1v) is 10.0. The molecule has 2 N–H and O–H groups in total. The van der Waals surface area contributed by atoms with E-state index in [2.05, 4.69) is 42.6 Å². The summed E-state index contributed by atoms with van der Waals surface area (Å²) >= 11 is 1.53. The van der Waals surface area contributed by atoms with Crippen LogP contribution >= 0.6 is 11.3 Å². The lowest BCUT2D eigenvalue weighted by Crippen LogP contribution is -2.43. The summed E-state index contributed by atoms with van der Waals surface area (Å²) in [7, 11) is 0. The SMILES string of the molecule is c1cc(-c2ccc3nc(Nc4cc(N5CCNCC5)ccn4)sc3n2)ccn1. The number of hydrogen-bond acceptors (Lipinski definition) is 8. The number of piperazine rings is 1. The molecule has 0 atom stereocenters. The van der Waals surface area contributed by atoms with Crippen molar-refractivity contribution in [2.24, 2.45) is 0 Å². The average molecular weight is 389 g/mol. The molecule has 7 nitrogen and oxygen atoms in total. The van der Waals surface area contributed by atoms with E-state index in [0.29, 0.717) is 0 Å². The number of pyridine rings is 3. The number of aromatic nitrogens is 4. The van der Waals surface area contributed by atoms with Gasteiger partial charge in [-0.15, -0.1) is 0 Å². The molecule has 1 saturated heterocycles. The van der Waals surface area contributed by atoms with Gasteiger partial charge in [0.05, 0.1) is 5.69 Å². The highest BCUT2D eigenvalue weighted by atomic mass is 32.1. The van der Waals surface area contributed by atoms with E-state index in [9.17, 15) is 0 Å². The molecule has 0 aromatic carbocycles. The third kappa shape index (κ3) is 3.51. The molecule has 0 unspecified atom stereocenters. The van der Waals surface area contributed by atoms with E-state index in [1.165, 1.54) is 17.0 Å². The van der Waals surface area contributed by atoms with Gasteiger partial charge in [-0.05, 0) is 30.3 Å². The average Bonchev–Trinajstić information content (AvgIpc) is 3.16. The molecule has 0 aliphatic carbocycles. The third-order valence-electron chi connectivity index (χ3n) is 4.69. The van der Waals surface area contributed by atoms with Crippen LogP contribution in [0.3, 0.4) is 0 Å². The molecule has 0 amide bonds. The zero-order chi connectivity index (χ0) is 18.8. The number of fused-ring (bicyclic) bond motifs is 1. The van der Waals surface area contributed by atoms with Crippen molar-refractivity contribution in [1.29, 1.82) is 0 Å². The minimum atomic E-state index is 0.791. The third-order valence-corrected chi connectivity index (χ3v) is 5.57. The van der Waals surface area contributed by atoms with Crippen molar-refractivity contribution < 1.29 is 0 Å². The van der Waals surface area contributed by atoms with Gasteiger partial charge in [-0.2, -0.15) is 0 Å². The van der Waals surface area contributed by atoms with E-state index in [0.717, 1.165) is 58.7 Å². The molecule has 0 radical (unpaired) electrons. The summed E-state index contributed by atoms with van der Waals surface area (Å²) in [5.74, 6) is 0.796. The second-order valence-electron chi connectivity index (χ2n) is 6.54. The van der Waals surface area contributed by atoms with Crippen LogP contribution in [0.5, 0.6) is 0 Å². The largest absolute Gasteiger partial charge is 0.369 e. The summed E-state index contributed by atoms with van der Waals surface area (Å²) in [4.78, 5) is 21.2.